The highest BCUT2D eigenvalue weighted by atomic mass is 32.1. The van der Waals surface area contributed by atoms with Gasteiger partial charge < -0.3 is 15.0 Å². The Balaban J connectivity index is 1.59. The number of carbonyl (C=O) groups is 2. The largest absolute Gasteiger partial charge is 0.497 e. The number of ether oxygens (including phenoxy) is 1. The van der Waals surface area contributed by atoms with E-state index in [-0.39, 0.29) is 29.9 Å². The lowest BCUT2D eigenvalue weighted by Crippen LogP contribution is -2.37. The van der Waals surface area contributed by atoms with Crippen molar-refractivity contribution in [3.8, 4) is 5.75 Å². The van der Waals surface area contributed by atoms with Gasteiger partial charge in [-0.3, -0.25) is 14.5 Å². The van der Waals surface area contributed by atoms with Crippen LogP contribution in [-0.2, 0) is 16.1 Å². The Labute approximate surface area is 202 Å². The zero-order valence-corrected chi connectivity index (χ0v) is 19.6. The number of nitrogens with one attached hydrogen (secondary N) is 1. The van der Waals surface area contributed by atoms with Crippen molar-refractivity contribution >= 4 is 40.5 Å². The van der Waals surface area contributed by atoms with E-state index in [0.29, 0.717) is 22.7 Å². The van der Waals surface area contributed by atoms with Crippen LogP contribution in [0.5, 0.6) is 5.75 Å². The van der Waals surface area contributed by atoms with E-state index < -0.39 is 11.9 Å². The number of halogens is 1. The third kappa shape index (κ3) is 4.92. The van der Waals surface area contributed by atoms with Crippen LogP contribution in [0.3, 0.4) is 0 Å². The third-order valence-electron chi connectivity index (χ3n) is 5.66. The molecule has 0 saturated carbocycles. The molecule has 1 saturated heterocycles. The van der Waals surface area contributed by atoms with E-state index in [9.17, 15) is 14.0 Å². The SMILES string of the molecule is COc1ccc(NC(=O)C[C@@H]2C(=O)N(c3ccc(C)cc3)C(=S)N2Cc2ccccc2F)cc1. The molecule has 0 aromatic heterocycles. The number of hydrogen-bond donors (Lipinski definition) is 1. The zero-order valence-electron chi connectivity index (χ0n) is 18.8. The maximum atomic E-state index is 14.4. The maximum Gasteiger partial charge on any atom is 0.256 e. The molecule has 2 amide bonds. The molecule has 0 bridgehead atoms. The van der Waals surface area contributed by atoms with Crippen LogP contribution in [0.25, 0.3) is 0 Å². The first-order valence-electron chi connectivity index (χ1n) is 10.8. The summed E-state index contributed by atoms with van der Waals surface area (Å²) in [6.07, 6.45) is -0.137. The standard InChI is InChI=1S/C26H24FN3O3S/c1-17-7-11-20(12-8-17)30-25(32)23(15-24(31)28-19-9-13-21(33-2)14-10-19)29(26(30)34)16-18-5-3-4-6-22(18)27/h3-14,23H,15-16H2,1-2H3,(H,28,31)/t23-/m1/s1. The van der Waals surface area contributed by atoms with Gasteiger partial charge in [-0.25, -0.2) is 4.39 Å². The van der Waals surface area contributed by atoms with Gasteiger partial charge >= 0.3 is 0 Å². The molecule has 1 atom stereocenters. The normalized spacial score (nSPS) is 15.6. The first kappa shape index (κ1) is 23.4. The summed E-state index contributed by atoms with van der Waals surface area (Å²) in [5.41, 5.74) is 2.62. The lowest BCUT2D eigenvalue weighted by atomic mass is 10.1. The Hall–Kier alpha value is -3.78. The molecule has 4 rings (SSSR count). The van der Waals surface area contributed by atoms with Crippen molar-refractivity contribution in [2.45, 2.75) is 25.9 Å². The highest BCUT2D eigenvalue weighted by Gasteiger charge is 2.44. The summed E-state index contributed by atoms with van der Waals surface area (Å²) < 4.78 is 19.5. The second-order valence-electron chi connectivity index (χ2n) is 8.01. The van der Waals surface area contributed by atoms with E-state index in [0.717, 1.165) is 5.56 Å². The van der Waals surface area contributed by atoms with Crippen molar-refractivity contribution in [2.75, 3.05) is 17.3 Å². The van der Waals surface area contributed by atoms with Crippen molar-refractivity contribution in [1.82, 2.24) is 4.90 Å². The Bertz CT molecular complexity index is 1210. The number of aryl methyl sites for hydroxylation is 1. The summed E-state index contributed by atoms with van der Waals surface area (Å²) in [5.74, 6) is -0.405. The van der Waals surface area contributed by atoms with E-state index in [2.05, 4.69) is 5.32 Å². The summed E-state index contributed by atoms with van der Waals surface area (Å²) in [4.78, 5) is 29.4. The minimum Gasteiger partial charge on any atom is -0.497 e. The smallest absolute Gasteiger partial charge is 0.256 e. The van der Waals surface area contributed by atoms with Crippen LogP contribution in [0.1, 0.15) is 17.5 Å². The molecule has 3 aromatic carbocycles. The highest BCUT2D eigenvalue weighted by Crippen LogP contribution is 2.29. The summed E-state index contributed by atoms with van der Waals surface area (Å²) in [5, 5.41) is 3.04. The lowest BCUT2D eigenvalue weighted by molar-refractivity contribution is -0.124. The Morgan fingerprint density at radius 3 is 2.38 bits per heavy atom. The quantitative estimate of drug-likeness (QED) is 0.501. The van der Waals surface area contributed by atoms with Crippen molar-refractivity contribution in [3.05, 3.63) is 89.7 Å². The van der Waals surface area contributed by atoms with Crippen LogP contribution >= 0.6 is 12.2 Å². The van der Waals surface area contributed by atoms with E-state index in [1.54, 1.807) is 66.6 Å². The molecule has 1 fully saturated rings. The molecule has 3 aromatic rings. The molecule has 0 radical (unpaired) electrons. The monoisotopic (exact) mass is 477 g/mol. The average Bonchev–Trinajstić information content (AvgIpc) is 3.05. The van der Waals surface area contributed by atoms with E-state index in [1.807, 2.05) is 19.1 Å². The minimum absolute atomic E-state index is 0.0695. The number of rotatable bonds is 7. The number of benzene rings is 3. The van der Waals surface area contributed by atoms with Crippen LogP contribution < -0.4 is 15.0 Å². The number of methoxy groups -OCH3 is 1. The molecule has 0 aliphatic carbocycles. The second kappa shape index (κ2) is 10.0. The second-order valence-corrected chi connectivity index (χ2v) is 8.37. The van der Waals surface area contributed by atoms with Gasteiger partial charge in [0.1, 0.15) is 17.6 Å². The van der Waals surface area contributed by atoms with Gasteiger partial charge in [-0.05, 0) is 61.6 Å². The number of thiocarbonyl (C=S) groups is 1. The van der Waals surface area contributed by atoms with Crippen LogP contribution in [0.2, 0.25) is 0 Å². The predicted molar refractivity (Wildman–Crippen MR) is 133 cm³/mol. The van der Waals surface area contributed by atoms with Gasteiger partial charge in [-0.1, -0.05) is 35.9 Å². The van der Waals surface area contributed by atoms with Crippen molar-refractivity contribution in [1.29, 1.82) is 0 Å². The van der Waals surface area contributed by atoms with Gasteiger partial charge in [0.15, 0.2) is 5.11 Å². The van der Waals surface area contributed by atoms with Crippen LogP contribution in [0.15, 0.2) is 72.8 Å². The summed E-state index contributed by atoms with van der Waals surface area (Å²) in [6, 6.07) is 19.7. The first-order valence-corrected chi connectivity index (χ1v) is 11.2. The molecule has 8 heteroatoms. The van der Waals surface area contributed by atoms with Crippen LogP contribution in [0, 0.1) is 12.7 Å². The fraction of sp³-hybridized carbons (Fsp3) is 0.192. The van der Waals surface area contributed by atoms with Crippen molar-refractivity contribution in [2.24, 2.45) is 0 Å². The number of nitrogens with zero attached hydrogens (tertiary/aromatic N) is 2. The first-order chi connectivity index (χ1) is 16.4. The van der Waals surface area contributed by atoms with Gasteiger partial charge in [0.05, 0.1) is 19.2 Å². The molecule has 1 aliphatic heterocycles. The maximum absolute atomic E-state index is 14.4. The van der Waals surface area contributed by atoms with Crippen LogP contribution in [0.4, 0.5) is 15.8 Å². The fourth-order valence-electron chi connectivity index (χ4n) is 3.82. The molecule has 0 spiro atoms. The minimum atomic E-state index is -0.869. The average molecular weight is 478 g/mol. The summed E-state index contributed by atoms with van der Waals surface area (Å²) >= 11 is 5.65. The third-order valence-corrected chi connectivity index (χ3v) is 6.08. The summed E-state index contributed by atoms with van der Waals surface area (Å²) in [7, 11) is 1.56. The van der Waals surface area contributed by atoms with Gasteiger partial charge in [-0.15, -0.1) is 0 Å². The molecular weight excluding hydrogens is 453 g/mol. The van der Waals surface area contributed by atoms with E-state index in [1.165, 1.54) is 11.0 Å². The zero-order chi connectivity index (χ0) is 24.2. The fourth-order valence-corrected chi connectivity index (χ4v) is 4.20. The topological polar surface area (TPSA) is 61.9 Å². The molecule has 6 nitrogen and oxygen atoms in total. The number of carbonyl (C=O) groups excluding carboxylic acids is 2. The van der Waals surface area contributed by atoms with Gasteiger partial charge in [-0.2, -0.15) is 0 Å². The Morgan fingerprint density at radius 1 is 1.06 bits per heavy atom. The van der Waals surface area contributed by atoms with Crippen molar-refractivity contribution < 1.29 is 18.7 Å². The van der Waals surface area contributed by atoms with Gasteiger partial charge in [0, 0.05) is 17.8 Å². The highest BCUT2D eigenvalue weighted by molar-refractivity contribution is 7.80. The summed E-state index contributed by atoms with van der Waals surface area (Å²) in [6.45, 7) is 2.02. The predicted octanol–water partition coefficient (Wildman–Crippen LogP) is 4.67. The molecule has 174 valence electrons. The van der Waals surface area contributed by atoms with Crippen LogP contribution in [-0.4, -0.2) is 35.0 Å². The number of anilines is 2. The Morgan fingerprint density at radius 2 is 1.74 bits per heavy atom. The van der Waals surface area contributed by atoms with Gasteiger partial charge in [0.25, 0.3) is 5.91 Å². The Kier molecular flexibility index (Phi) is 6.88. The molecule has 1 heterocycles. The molecule has 1 aliphatic rings. The molecular formula is C26H24FN3O3S. The lowest BCUT2D eigenvalue weighted by Gasteiger charge is -2.24. The van der Waals surface area contributed by atoms with E-state index >= 15 is 0 Å². The number of amides is 2. The molecule has 0 unspecified atom stereocenters. The number of hydrogen-bond acceptors (Lipinski definition) is 4. The van der Waals surface area contributed by atoms with Crippen molar-refractivity contribution in [3.63, 3.8) is 0 Å². The molecule has 1 N–H and O–H groups in total. The van der Waals surface area contributed by atoms with E-state index in [4.69, 9.17) is 17.0 Å². The molecule has 34 heavy (non-hydrogen) atoms. The van der Waals surface area contributed by atoms with Gasteiger partial charge in [0.2, 0.25) is 5.91 Å².